The number of hydrogen-bond acceptors (Lipinski definition) is 0. The molecule has 0 amide bonds. The van der Waals surface area contributed by atoms with E-state index in [1.54, 1.807) is 0 Å². The first kappa shape index (κ1) is 15.3. The van der Waals surface area contributed by atoms with Gasteiger partial charge in [0.15, 0.2) is 0 Å². The fraction of sp³-hybridized carbons (Fsp3) is 0.130. The zero-order chi connectivity index (χ0) is 16.4. The second-order valence-electron chi connectivity index (χ2n) is 6.19. The van der Waals surface area contributed by atoms with Crippen LogP contribution in [0.25, 0.3) is 21.9 Å². The Morgan fingerprint density at radius 2 is 1.39 bits per heavy atom. The van der Waals surface area contributed by atoms with Gasteiger partial charge in [0.25, 0.3) is 0 Å². The summed E-state index contributed by atoms with van der Waals surface area (Å²) in [6, 6.07) is 21.4. The van der Waals surface area contributed by atoms with Crippen molar-refractivity contribution in [1.82, 2.24) is 0 Å². The molecule has 0 heterocycles. The van der Waals surface area contributed by atoms with Crippen molar-refractivity contribution in [3.05, 3.63) is 96.1 Å². The molecule has 0 bridgehead atoms. The van der Waals surface area contributed by atoms with Crippen LogP contribution < -0.4 is 0 Å². The van der Waals surface area contributed by atoms with Gasteiger partial charge in [-0.1, -0.05) is 79.4 Å². The van der Waals surface area contributed by atoms with E-state index in [2.05, 4.69) is 80.7 Å². The Morgan fingerprint density at radius 1 is 0.783 bits per heavy atom. The smallest absolute Gasteiger partial charge is 0.00193 e. The number of benzene rings is 3. The zero-order valence-corrected chi connectivity index (χ0v) is 13.9. The van der Waals surface area contributed by atoms with Gasteiger partial charge in [-0.2, -0.15) is 0 Å². The number of aryl methyl sites for hydroxylation is 1. The minimum absolute atomic E-state index is 0.852. The van der Waals surface area contributed by atoms with Crippen LogP contribution in [-0.2, 0) is 6.42 Å². The lowest BCUT2D eigenvalue weighted by molar-refractivity contribution is 1.30. The van der Waals surface area contributed by atoms with Crippen molar-refractivity contribution in [3.63, 3.8) is 0 Å². The lowest BCUT2D eigenvalue weighted by Gasteiger charge is -2.14. The summed E-state index contributed by atoms with van der Waals surface area (Å²) < 4.78 is 0. The molecule has 3 aromatic carbocycles. The normalized spacial score (nSPS) is 10.7. The topological polar surface area (TPSA) is 0 Å². The van der Waals surface area contributed by atoms with Gasteiger partial charge >= 0.3 is 0 Å². The van der Waals surface area contributed by atoms with E-state index in [0.717, 1.165) is 17.6 Å². The van der Waals surface area contributed by atoms with Gasteiger partial charge < -0.3 is 0 Å². The lowest BCUT2D eigenvalue weighted by atomic mass is 9.90. The molecule has 0 unspecified atom stereocenters. The SMILES string of the molecule is C=C(C)c1ccccc1C(=C)Cc1ccc(C)c2ccccc12. The Morgan fingerprint density at radius 3 is 2.09 bits per heavy atom. The standard InChI is InChI=1S/C23H22/c1-16(2)20-9-5-6-11-22(20)18(4)15-19-14-13-17(3)21-10-7-8-12-23(19)21/h5-14H,1,4,15H2,2-3H3. The molecule has 23 heavy (non-hydrogen) atoms. The van der Waals surface area contributed by atoms with Crippen LogP contribution in [0.2, 0.25) is 0 Å². The van der Waals surface area contributed by atoms with Crippen molar-refractivity contribution in [2.75, 3.05) is 0 Å². The van der Waals surface area contributed by atoms with Crippen molar-refractivity contribution in [3.8, 4) is 0 Å². The second kappa shape index (κ2) is 6.26. The van der Waals surface area contributed by atoms with Crippen LogP contribution in [0.3, 0.4) is 0 Å². The van der Waals surface area contributed by atoms with Crippen molar-refractivity contribution < 1.29 is 0 Å². The van der Waals surface area contributed by atoms with Crippen LogP contribution in [0.5, 0.6) is 0 Å². The average molecular weight is 298 g/mol. The highest BCUT2D eigenvalue weighted by Crippen LogP contribution is 2.29. The molecule has 0 nitrogen and oxygen atoms in total. The predicted molar refractivity (Wildman–Crippen MR) is 103 cm³/mol. The number of allylic oxidation sites excluding steroid dienone is 2. The summed E-state index contributed by atoms with van der Waals surface area (Å²) in [6.45, 7) is 12.7. The zero-order valence-electron chi connectivity index (χ0n) is 13.9. The Kier molecular flexibility index (Phi) is 4.16. The van der Waals surface area contributed by atoms with E-state index in [1.807, 2.05) is 6.92 Å². The van der Waals surface area contributed by atoms with Gasteiger partial charge in [-0.25, -0.2) is 0 Å². The van der Waals surface area contributed by atoms with Gasteiger partial charge in [0.05, 0.1) is 0 Å². The fourth-order valence-electron chi connectivity index (χ4n) is 3.15. The maximum absolute atomic E-state index is 4.35. The molecular weight excluding hydrogens is 276 g/mol. The van der Waals surface area contributed by atoms with E-state index >= 15 is 0 Å². The Labute approximate surface area is 138 Å². The molecular formula is C23H22. The molecule has 0 fully saturated rings. The van der Waals surface area contributed by atoms with Gasteiger partial charge in [-0.05, 0) is 58.9 Å². The highest BCUT2D eigenvalue weighted by Gasteiger charge is 2.09. The molecule has 0 saturated carbocycles. The Bertz CT molecular complexity index is 897. The molecule has 0 atom stereocenters. The highest BCUT2D eigenvalue weighted by molar-refractivity contribution is 5.90. The number of rotatable bonds is 4. The minimum atomic E-state index is 0.852. The number of fused-ring (bicyclic) bond motifs is 1. The summed E-state index contributed by atoms with van der Waals surface area (Å²) in [7, 11) is 0. The molecule has 114 valence electrons. The van der Waals surface area contributed by atoms with Crippen molar-refractivity contribution >= 4 is 21.9 Å². The molecule has 3 aromatic rings. The monoisotopic (exact) mass is 298 g/mol. The molecule has 0 saturated heterocycles. The summed E-state index contributed by atoms with van der Waals surface area (Å²) in [6.07, 6.45) is 0.852. The average Bonchev–Trinajstić information content (AvgIpc) is 2.57. The van der Waals surface area contributed by atoms with Crippen molar-refractivity contribution in [2.45, 2.75) is 20.3 Å². The number of hydrogen-bond donors (Lipinski definition) is 0. The van der Waals surface area contributed by atoms with E-state index in [0.29, 0.717) is 0 Å². The Balaban J connectivity index is 2.02. The van der Waals surface area contributed by atoms with E-state index in [-0.39, 0.29) is 0 Å². The van der Waals surface area contributed by atoms with Gasteiger partial charge in [-0.3, -0.25) is 0 Å². The molecule has 0 aromatic heterocycles. The molecule has 0 N–H and O–H groups in total. The quantitative estimate of drug-likeness (QED) is 0.520. The molecule has 0 aliphatic rings. The third kappa shape index (κ3) is 2.98. The van der Waals surface area contributed by atoms with Crippen LogP contribution in [0.15, 0.2) is 73.8 Å². The maximum Gasteiger partial charge on any atom is -0.00193 e. The first-order valence-corrected chi connectivity index (χ1v) is 7.98. The van der Waals surface area contributed by atoms with Gasteiger partial charge in [0.2, 0.25) is 0 Å². The second-order valence-corrected chi connectivity index (χ2v) is 6.19. The first-order chi connectivity index (χ1) is 11.1. The van der Waals surface area contributed by atoms with E-state index in [4.69, 9.17) is 0 Å². The summed E-state index contributed by atoms with van der Waals surface area (Å²) in [5, 5.41) is 2.65. The van der Waals surface area contributed by atoms with Gasteiger partial charge in [0, 0.05) is 0 Å². The van der Waals surface area contributed by atoms with E-state index in [1.165, 1.54) is 33.0 Å². The fourth-order valence-corrected chi connectivity index (χ4v) is 3.15. The van der Waals surface area contributed by atoms with E-state index < -0.39 is 0 Å². The predicted octanol–water partition coefficient (Wildman–Crippen LogP) is 6.44. The minimum Gasteiger partial charge on any atom is -0.0955 e. The van der Waals surface area contributed by atoms with Crippen molar-refractivity contribution in [2.24, 2.45) is 0 Å². The summed E-state index contributed by atoms with van der Waals surface area (Å²) in [5.41, 5.74) is 7.25. The molecule has 0 radical (unpaired) electrons. The molecule has 3 rings (SSSR count). The van der Waals surface area contributed by atoms with Gasteiger partial charge in [0.1, 0.15) is 0 Å². The molecule has 0 spiro atoms. The molecule has 0 aliphatic heterocycles. The Hall–Kier alpha value is -2.60. The maximum atomic E-state index is 4.35. The van der Waals surface area contributed by atoms with Crippen LogP contribution in [0.4, 0.5) is 0 Å². The molecule has 0 heteroatoms. The molecule has 0 aliphatic carbocycles. The third-order valence-corrected chi connectivity index (χ3v) is 4.40. The van der Waals surface area contributed by atoms with Crippen LogP contribution >= 0.6 is 0 Å². The van der Waals surface area contributed by atoms with E-state index in [9.17, 15) is 0 Å². The van der Waals surface area contributed by atoms with Crippen LogP contribution in [0.1, 0.15) is 29.2 Å². The highest BCUT2D eigenvalue weighted by atomic mass is 14.1. The summed E-state index contributed by atoms with van der Waals surface area (Å²) in [5.74, 6) is 0. The first-order valence-electron chi connectivity index (χ1n) is 7.98. The largest absolute Gasteiger partial charge is 0.0955 e. The van der Waals surface area contributed by atoms with Crippen molar-refractivity contribution in [1.29, 1.82) is 0 Å². The van der Waals surface area contributed by atoms with Crippen LogP contribution in [0, 0.1) is 6.92 Å². The summed E-state index contributed by atoms with van der Waals surface area (Å²) in [4.78, 5) is 0. The van der Waals surface area contributed by atoms with Gasteiger partial charge in [-0.15, -0.1) is 0 Å². The third-order valence-electron chi connectivity index (χ3n) is 4.40. The summed E-state index contributed by atoms with van der Waals surface area (Å²) >= 11 is 0. The lowest BCUT2D eigenvalue weighted by Crippen LogP contribution is -1.95. The van der Waals surface area contributed by atoms with Crippen LogP contribution in [-0.4, -0.2) is 0 Å².